The highest BCUT2D eigenvalue weighted by molar-refractivity contribution is 9.10. The minimum Gasteiger partial charge on any atom is -0.370 e. The van der Waals surface area contributed by atoms with E-state index in [9.17, 15) is 0 Å². The van der Waals surface area contributed by atoms with Crippen molar-refractivity contribution in [1.82, 2.24) is 0 Å². The number of anilines is 1. The Hall–Kier alpha value is -0.190. The largest absolute Gasteiger partial charge is 0.370 e. The molecule has 0 radical (unpaired) electrons. The number of hydrogen-bond donors (Lipinski definition) is 1. The summed E-state index contributed by atoms with van der Waals surface area (Å²) in [6, 6.07) is 6.56. The molecule has 1 aliphatic heterocycles. The van der Waals surface area contributed by atoms with Gasteiger partial charge in [0.15, 0.2) is 0 Å². The third-order valence-corrected chi connectivity index (χ3v) is 5.51. The van der Waals surface area contributed by atoms with Crippen molar-refractivity contribution in [3.05, 3.63) is 28.2 Å². The monoisotopic (exact) mass is 342 g/mol. The summed E-state index contributed by atoms with van der Waals surface area (Å²) in [5, 5.41) is 0. The van der Waals surface area contributed by atoms with E-state index in [0.717, 1.165) is 24.0 Å². The van der Waals surface area contributed by atoms with Crippen LogP contribution < -0.4 is 10.6 Å². The molecule has 0 spiro atoms. The van der Waals surface area contributed by atoms with E-state index in [2.05, 4.69) is 64.6 Å². The molecule has 0 bridgehead atoms. The normalized spacial score (nSPS) is 19.3. The molecule has 4 heteroatoms. The second kappa shape index (κ2) is 6.51. The molecule has 2 nitrogen and oxygen atoms in total. The van der Waals surface area contributed by atoms with Gasteiger partial charge in [0.05, 0.1) is 0 Å². The van der Waals surface area contributed by atoms with Gasteiger partial charge in [-0.15, -0.1) is 0 Å². The van der Waals surface area contributed by atoms with Gasteiger partial charge in [0.1, 0.15) is 0 Å². The Morgan fingerprint density at radius 3 is 2.89 bits per heavy atom. The summed E-state index contributed by atoms with van der Waals surface area (Å²) >= 11 is 5.68. The highest BCUT2D eigenvalue weighted by atomic mass is 79.9. The lowest BCUT2D eigenvalue weighted by Gasteiger charge is -2.26. The van der Waals surface area contributed by atoms with Gasteiger partial charge in [-0.05, 0) is 37.1 Å². The van der Waals surface area contributed by atoms with E-state index in [1.807, 2.05) is 0 Å². The molecule has 1 saturated heterocycles. The zero-order valence-electron chi connectivity index (χ0n) is 11.8. The van der Waals surface area contributed by atoms with Crippen molar-refractivity contribution < 1.29 is 0 Å². The molecule has 1 fully saturated rings. The minimum atomic E-state index is 0.398. The summed E-state index contributed by atoms with van der Waals surface area (Å²) in [5.41, 5.74) is 8.47. The topological polar surface area (TPSA) is 29.3 Å². The maximum Gasteiger partial charge on any atom is 0.0410 e. The SMILES string of the molecule is CC1(C)CCN(c2cc(Br)ccc2CCN)CCS1. The van der Waals surface area contributed by atoms with Crippen LogP contribution in [0.5, 0.6) is 0 Å². The van der Waals surface area contributed by atoms with Gasteiger partial charge in [0, 0.05) is 33.7 Å². The van der Waals surface area contributed by atoms with Crippen LogP contribution in [0.25, 0.3) is 0 Å². The van der Waals surface area contributed by atoms with E-state index in [4.69, 9.17) is 5.73 Å². The van der Waals surface area contributed by atoms with E-state index in [1.54, 1.807) is 0 Å². The first kappa shape index (κ1) is 15.2. The first-order chi connectivity index (χ1) is 9.02. The Labute approximate surface area is 129 Å². The lowest BCUT2D eigenvalue weighted by Crippen LogP contribution is -2.28. The number of thioether (sulfide) groups is 1. The van der Waals surface area contributed by atoms with Crippen LogP contribution in [0.3, 0.4) is 0 Å². The Balaban J connectivity index is 2.22. The lowest BCUT2D eigenvalue weighted by atomic mass is 10.1. The van der Waals surface area contributed by atoms with Crippen LogP contribution in [0, 0.1) is 0 Å². The van der Waals surface area contributed by atoms with Crippen LogP contribution in [-0.2, 0) is 6.42 Å². The van der Waals surface area contributed by atoms with Gasteiger partial charge in [-0.1, -0.05) is 35.8 Å². The van der Waals surface area contributed by atoms with Crippen LogP contribution in [0.4, 0.5) is 5.69 Å². The Bertz CT molecular complexity index is 434. The standard InChI is InChI=1S/C15H23BrN2S/c1-15(2)6-8-18(9-10-19-15)14-11-13(16)4-3-12(14)5-7-17/h3-4,11H,5-10,17H2,1-2H3. The third-order valence-electron chi connectivity index (χ3n) is 3.64. The molecule has 0 atom stereocenters. The van der Waals surface area contributed by atoms with Gasteiger partial charge in [0.25, 0.3) is 0 Å². The molecule has 0 amide bonds. The Kier molecular flexibility index (Phi) is 5.21. The van der Waals surface area contributed by atoms with Crippen molar-refractivity contribution in [3.63, 3.8) is 0 Å². The molecule has 106 valence electrons. The molecular weight excluding hydrogens is 320 g/mol. The molecule has 1 heterocycles. The fraction of sp³-hybridized carbons (Fsp3) is 0.600. The maximum atomic E-state index is 5.74. The zero-order valence-corrected chi connectivity index (χ0v) is 14.2. The van der Waals surface area contributed by atoms with Crippen LogP contribution in [0.2, 0.25) is 0 Å². The summed E-state index contributed by atoms with van der Waals surface area (Å²) < 4.78 is 1.55. The van der Waals surface area contributed by atoms with Crippen molar-refractivity contribution in [2.45, 2.75) is 31.4 Å². The minimum absolute atomic E-state index is 0.398. The summed E-state index contributed by atoms with van der Waals surface area (Å²) in [6.07, 6.45) is 2.18. The summed E-state index contributed by atoms with van der Waals surface area (Å²) in [7, 11) is 0. The Morgan fingerprint density at radius 2 is 2.16 bits per heavy atom. The van der Waals surface area contributed by atoms with Gasteiger partial charge in [-0.3, -0.25) is 0 Å². The van der Waals surface area contributed by atoms with Gasteiger partial charge < -0.3 is 10.6 Å². The third kappa shape index (κ3) is 4.14. The summed E-state index contributed by atoms with van der Waals surface area (Å²) in [5.74, 6) is 1.20. The molecule has 2 rings (SSSR count). The van der Waals surface area contributed by atoms with E-state index in [0.29, 0.717) is 11.3 Å². The van der Waals surface area contributed by atoms with E-state index >= 15 is 0 Å². The van der Waals surface area contributed by atoms with Crippen molar-refractivity contribution in [2.75, 3.05) is 30.3 Å². The second-order valence-corrected chi connectivity index (χ2v) is 8.37. The number of rotatable bonds is 3. The lowest BCUT2D eigenvalue weighted by molar-refractivity contribution is 0.636. The first-order valence-electron chi connectivity index (χ1n) is 6.89. The van der Waals surface area contributed by atoms with Crippen LogP contribution >= 0.6 is 27.7 Å². The fourth-order valence-corrected chi connectivity index (χ4v) is 3.91. The van der Waals surface area contributed by atoms with Crippen molar-refractivity contribution >= 4 is 33.4 Å². The second-order valence-electron chi connectivity index (χ2n) is 5.66. The average molecular weight is 343 g/mol. The van der Waals surface area contributed by atoms with Gasteiger partial charge >= 0.3 is 0 Å². The number of hydrogen-bond acceptors (Lipinski definition) is 3. The molecule has 1 aliphatic rings. The fourth-order valence-electron chi connectivity index (χ4n) is 2.46. The number of benzene rings is 1. The molecule has 1 aromatic carbocycles. The van der Waals surface area contributed by atoms with E-state index in [-0.39, 0.29) is 0 Å². The first-order valence-corrected chi connectivity index (χ1v) is 8.67. The smallest absolute Gasteiger partial charge is 0.0410 e. The molecule has 0 saturated carbocycles. The molecule has 0 aromatic heterocycles. The highest BCUT2D eigenvalue weighted by Gasteiger charge is 2.24. The van der Waals surface area contributed by atoms with Crippen molar-refractivity contribution in [1.29, 1.82) is 0 Å². The number of nitrogens with two attached hydrogens (primary N) is 1. The van der Waals surface area contributed by atoms with Gasteiger partial charge in [0.2, 0.25) is 0 Å². The molecule has 0 aliphatic carbocycles. The van der Waals surface area contributed by atoms with Crippen molar-refractivity contribution in [3.8, 4) is 0 Å². The Morgan fingerprint density at radius 1 is 1.37 bits per heavy atom. The van der Waals surface area contributed by atoms with Crippen molar-refractivity contribution in [2.24, 2.45) is 5.73 Å². The van der Waals surface area contributed by atoms with Gasteiger partial charge in [-0.2, -0.15) is 11.8 Å². The van der Waals surface area contributed by atoms with Crippen LogP contribution in [0.1, 0.15) is 25.8 Å². The summed E-state index contributed by atoms with van der Waals surface area (Å²) in [6.45, 7) is 7.67. The highest BCUT2D eigenvalue weighted by Crippen LogP contribution is 2.34. The van der Waals surface area contributed by atoms with E-state index in [1.165, 1.54) is 23.4 Å². The zero-order chi connectivity index (χ0) is 13.9. The van der Waals surface area contributed by atoms with E-state index < -0.39 is 0 Å². The molecular formula is C15H23BrN2S. The average Bonchev–Trinajstić information content (AvgIpc) is 2.53. The quantitative estimate of drug-likeness (QED) is 0.908. The maximum absolute atomic E-state index is 5.74. The predicted molar refractivity (Wildman–Crippen MR) is 90.3 cm³/mol. The van der Waals surface area contributed by atoms with Crippen LogP contribution in [-0.4, -0.2) is 30.1 Å². The number of nitrogens with zero attached hydrogens (tertiary/aromatic N) is 1. The predicted octanol–water partition coefficient (Wildman–Crippen LogP) is 3.67. The summed E-state index contributed by atoms with van der Waals surface area (Å²) in [4.78, 5) is 2.53. The molecule has 2 N–H and O–H groups in total. The molecule has 19 heavy (non-hydrogen) atoms. The molecule has 1 aromatic rings. The van der Waals surface area contributed by atoms with Crippen LogP contribution in [0.15, 0.2) is 22.7 Å². The number of halogens is 1. The van der Waals surface area contributed by atoms with Gasteiger partial charge in [-0.25, -0.2) is 0 Å². The molecule has 0 unspecified atom stereocenters.